The number of rotatable bonds is 8. The molecule has 0 radical (unpaired) electrons. The van der Waals surface area contributed by atoms with Gasteiger partial charge in [0.25, 0.3) is 0 Å². The van der Waals surface area contributed by atoms with E-state index in [4.69, 9.17) is 4.52 Å². The zero-order valence-corrected chi connectivity index (χ0v) is 22.1. The number of piperidine rings is 1. The van der Waals surface area contributed by atoms with Crippen LogP contribution in [0, 0.1) is 19.8 Å². The van der Waals surface area contributed by atoms with Crippen molar-refractivity contribution in [2.75, 3.05) is 18.4 Å². The Hall–Kier alpha value is -3.42. The van der Waals surface area contributed by atoms with Crippen LogP contribution in [0.2, 0.25) is 0 Å². The monoisotopic (exact) mass is 512 g/mol. The fourth-order valence-corrected chi connectivity index (χ4v) is 5.56. The second-order valence-corrected chi connectivity index (χ2v) is 10.7. The van der Waals surface area contributed by atoms with Gasteiger partial charge in [-0.1, -0.05) is 59.3 Å². The molecule has 1 saturated heterocycles. The minimum absolute atomic E-state index is 0.0689. The van der Waals surface area contributed by atoms with Crippen molar-refractivity contribution in [2.24, 2.45) is 5.92 Å². The van der Waals surface area contributed by atoms with Crippen molar-refractivity contribution in [3.05, 3.63) is 95.4 Å². The molecule has 1 aromatic heterocycles. The number of nitrogens with one attached hydrogen (secondary N) is 1. The summed E-state index contributed by atoms with van der Waals surface area (Å²) in [5.74, 6) is 2.09. The van der Waals surface area contributed by atoms with Crippen molar-refractivity contribution in [3.63, 3.8) is 0 Å². The first kappa shape index (κ1) is 25.2. The number of likely N-dealkylation sites (tertiary alicyclic amines) is 1. The van der Waals surface area contributed by atoms with Gasteiger partial charge in [-0.3, -0.25) is 9.69 Å². The Morgan fingerprint density at radius 3 is 2.76 bits per heavy atom. The van der Waals surface area contributed by atoms with Crippen molar-refractivity contribution >= 4 is 23.4 Å². The van der Waals surface area contributed by atoms with Crippen LogP contribution in [0.1, 0.15) is 35.4 Å². The average Bonchev–Trinajstić information content (AvgIpc) is 3.38. The highest BCUT2D eigenvalue weighted by atomic mass is 32.2. The number of hydrogen-bond acceptors (Lipinski definition) is 6. The lowest BCUT2D eigenvalue weighted by Gasteiger charge is -2.31. The van der Waals surface area contributed by atoms with Gasteiger partial charge in [0, 0.05) is 28.4 Å². The maximum Gasteiger partial charge on any atom is 0.241 e. The first-order valence-electron chi connectivity index (χ1n) is 12.7. The summed E-state index contributed by atoms with van der Waals surface area (Å²) in [6.45, 7) is 6.25. The van der Waals surface area contributed by atoms with Crippen LogP contribution < -0.4 is 5.32 Å². The molecule has 37 heavy (non-hydrogen) atoms. The number of thioether (sulfide) groups is 1. The lowest BCUT2D eigenvalue weighted by atomic mass is 9.96. The highest BCUT2D eigenvalue weighted by Crippen LogP contribution is 2.26. The Morgan fingerprint density at radius 2 is 1.95 bits per heavy atom. The van der Waals surface area contributed by atoms with Gasteiger partial charge >= 0.3 is 0 Å². The lowest BCUT2D eigenvalue weighted by Crippen LogP contribution is -2.40. The number of anilines is 1. The Labute approximate surface area is 222 Å². The Balaban J connectivity index is 1.15. The van der Waals surface area contributed by atoms with E-state index in [1.807, 2.05) is 55.1 Å². The molecular formula is C30H32N4O2S. The number of carbonyl (C=O) groups is 1. The summed E-state index contributed by atoms with van der Waals surface area (Å²) < 4.78 is 5.52. The van der Waals surface area contributed by atoms with Gasteiger partial charge in [0.15, 0.2) is 0 Å². The number of aryl methyl sites for hydroxylation is 2. The molecule has 1 amide bonds. The molecule has 0 aliphatic carbocycles. The van der Waals surface area contributed by atoms with Crippen LogP contribution in [0.4, 0.5) is 5.69 Å². The number of benzene rings is 3. The van der Waals surface area contributed by atoms with E-state index < -0.39 is 0 Å². The third-order valence-electron chi connectivity index (χ3n) is 6.68. The van der Waals surface area contributed by atoms with E-state index in [0.717, 1.165) is 47.5 Å². The first-order chi connectivity index (χ1) is 18.0. The second-order valence-electron chi connectivity index (χ2n) is 9.70. The van der Waals surface area contributed by atoms with Crippen LogP contribution in [-0.4, -0.2) is 34.0 Å². The molecule has 3 aromatic carbocycles. The lowest BCUT2D eigenvalue weighted by molar-refractivity contribution is -0.121. The van der Waals surface area contributed by atoms with Gasteiger partial charge in [0.1, 0.15) is 0 Å². The van der Waals surface area contributed by atoms with Crippen molar-refractivity contribution in [3.8, 4) is 11.4 Å². The molecule has 1 fully saturated rings. The largest absolute Gasteiger partial charge is 0.338 e. The van der Waals surface area contributed by atoms with E-state index >= 15 is 0 Å². The Kier molecular flexibility index (Phi) is 8.02. The molecule has 5 rings (SSSR count). The molecule has 1 aliphatic heterocycles. The first-order valence-corrected chi connectivity index (χ1v) is 13.7. The van der Waals surface area contributed by atoms with Crippen LogP contribution in [0.25, 0.3) is 11.4 Å². The summed E-state index contributed by atoms with van der Waals surface area (Å²) in [6.07, 6.45) is 1.84. The SMILES string of the molecule is Cc1cccc(-c2noc(CN3CCCC(C(=O)Nc4ccc(CSc5ccccc5)cc4C)C3)n2)c1. The Bertz CT molecular complexity index is 1350. The van der Waals surface area contributed by atoms with E-state index in [1.165, 1.54) is 10.5 Å². The van der Waals surface area contributed by atoms with Gasteiger partial charge in [-0.25, -0.2) is 0 Å². The Morgan fingerprint density at radius 1 is 1.08 bits per heavy atom. The highest BCUT2D eigenvalue weighted by Gasteiger charge is 2.27. The van der Waals surface area contributed by atoms with E-state index in [-0.39, 0.29) is 11.8 Å². The van der Waals surface area contributed by atoms with Crippen molar-refractivity contribution in [1.82, 2.24) is 15.0 Å². The topological polar surface area (TPSA) is 71.3 Å². The standard InChI is InChI=1S/C30H32N4O2S/c1-21-8-6-9-24(16-21)29-32-28(36-33-29)19-34-15-7-10-25(18-34)30(35)31-27-14-13-23(17-22(27)2)20-37-26-11-4-3-5-12-26/h3-6,8-9,11-14,16-17,25H,7,10,15,18-20H2,1-2H3,(H,31,35). The van der Waals surface area contributed by atoms with Gasteiger partial charge in [0.2, 0.25) is 17.6 Å². The fraction of sp³-hybridized carbons (Fsp3) is 0.300. The summed E-state index contributed by atoms with van der Waals surface area (Å²) in [7, 11) is 0. The molecule has 6 nitrogen and oxygen atoms in total. The molecule has 7 heteroatoms. The fourth-order valence-electron chi connectivity index (χ4n) is 4.70. The molecule has 0 saturated carbocycles. The number of aromatic nitrogens is 2. The number of carbonyl (C=O) groups excluding carboxylic acids is 1. The summed E-state index contributed by atoms with van der Waals surface area (Å²) in [5.41, 5.74) is 5.32. The molecule has 1 N–H and O–H groups in total. The number of hydrogen-bond donors (Lipinski definition) is 1. The summed E-state index contributed by atoms with van der Waals surface area (Å²) in [4.78, 5) is 21.2. The van der Waals surface area contributed by atoms with Gasteiger partial charge in [0.05, 0.1) is 12.5 Å². The zero-order chi connectivity index (χ0) is 25.6. The quantitative estimate of drug-likeness (QED) is 0.272. The summed E-state index contributed by atoms with van der Waals surface area (Å²) in [6, 6.07) is 24.8. The number of amides is 1. The van der Waals surface area contributed by atoms with Crippen LogP contribution in [-0.2, 0) is 17.1 Å². The number of nitrogens with zero attached hydrogens (tertiary/aromatic N) is 3. The van der Waals surface area contributed by atoms with Gasteiger partial charge in [-0.2, -0.15) is 4.98 Å². The van der Waals surface area contributed by atoms with Gasteiger partial charge < -0.3 is 9.84 Å². The minimum atomic E-state index is -0.0689. The molecule has 0 bridgehead atoms. The van der Waals surface area contributed by atoms with E-state index in [9.17, 15) is 4.79 Å². The normalized spacial score (nSPS) is 16.0. The van der Waals surface area contributed by atoms with Crippen molar-refractivity contribution in [2.45, 2.75) is 43.9 Å². The predicted molar refractivity (Wildman–Crippen MR) is 148 cm³/mol. The van der Waals surface area contributed by atoms with Gasteiger partial charge in [-0.05, 0) is 68.6 Å². The molecule has 4 aromatic rings. The molecule has 190 valence electrons. The van der Waals surface area contributed by atoms with Crippen LogP contribution in [0.5, 0.6) is 0 Å². The van der Waals surface area contributed by atoms with Gasteiger partial charge in [-0.15, -0.1) is 11.8 Å². The van der Waals surface area contributed by atoms with Crippen molar-refractivity contribution < 1.29 is 9.32 Å². The second kappa shape index (κ2) is 11.8. The average molecular weight is 513 g/mol. The molecule has 1 unspecified atom stereocenters. The third-order valence-corrected chi connectivity index (χ3v) is 7.76. The molecule has 2 heterocycles. The summed E-state index contributed by atoms with van der Waals surface area (Å²) in [5, 5.41) is 7.33. The smallest absolute Gasteiger partial charge is 0.241 e. The molecule has 1 atom stereocenters. The van der Waals surface area contributed by atoms with E-state index in [1.54, 1.807) is 0 Å². The maximum absolute atomic E-state index is 13.1. The van der Waals surface area contributed by atoms with Crippen LogP contribution >= 0.6 is 11.8 Å². The van der Waals surface area contributed by atoms with E-state index in [2.05, 4.69) is 63.7 Å². The molecular weight excluding hydrogens is 480 g/mol. The zero-order valence-electron chi connectivity index (χ0n) is 21.3. The van der Waals surface area contributed by atoms with Crippen molar-refractivity contribution in [1.29, 1.82) is 0 Å². The van der Waals surface area contributed by atoms with Crippen LogP contribution in [0.15, 0.2) is 82.2 Å². The highest BCUT2D eigenvalue weighted by molar-refractivity contribution is 7.98. The predicted octanol–water partition coefficient (Wildman–Crippen LogP) is 6.50. The summed E-state index contributed by atoms with van der Waals surface area (Å²) >= 11 is 1.82. The molecule has 0 spiro atoms. The minimum Gasteiger partial charge on any atom is -0.338 e. The molecule has 1 aliphatic rings. The maximum atomic E-state index is 13.1. The van der Waals surface area contributed by atoms with Crippen LogP contribution in [0.3, 0.4) is 0 Å². The van der Waals surface area contributed by atoms with E-state index in [0.29, 0.717) is 24.8 Å². The third kappa shape index (κ3) is 6.67.